The van der Waals surface area contributed by atoms with Crippen LogP contribution in [0.3, 0.4) is 0 Å². The summed E-state index contributed by atoms with van der Waals surface area (Å²) < 4.78 is 0. The SMILES string of the molecule is Cc1ccc([N+](=O)[O-])c(NCC2CCN(C(C)C)C2)c1. The van der Waals surface area contributed by atoms with Crippen LogP contribution in [0.1, 0.15) is 25.8 Å². The number of rotatable bonds is 5. The van der Waals surface area contributed by atoms with Crippen LogP contribution in [0.5, 0.6) is 0 Å². The van der Waals surface area contributed by atoms with Crippen LogP contribution in [-0.2, 0) is 0 Å². The van der Waals surface area contributed by atoms with Gasteiger partial charge in [-0.05, 0) is 51.3 Å². The first kappa shape index (κ1) is 14.8. The number of benzene rings is 1. The summed E-state index contributed by atoms with van der Waals surface area (Å²) in [7, 11) is 0. The molecule has 1 aromatic carbocycles. The molecule has 110 valence electrons. The van der Waals surface area contributed by atoms with Crippen molar-refractivity contribution >= 4 is 11.4 Å². The maximum atomic E-state index is 11.0. The normalized spacial score (nSPS) is 19.5. The number of aryl methyl sites for hydroxylation is 1. The van der Waals surface area contributed by atoms with Crippen LogP contribution in [0, 0.1) is 23.0 Å². The fourth-order valence-corrected chi connectivity index (χ4v) is 2.70. The highest BCUT2D eigenvalue weighted by molar-refractivity contribution is 5.62. The highest BCUT2D eigenvalue weighted by Crippen LogP contribution is 2.26. The smallest absolute Gasteiger partial charge is 0.292 e. The van der Waals surface area contributed by atoms with Gasteiger partial charge in [-0.1, -0.05) is 6.07 Å². The highest BCUT2D eigenvalue weighted by Gasteiger charge is 2.24. The minimum absolute atomic E-state index is 0.161. The van der Waals surface area contributed by atoms with Crippen LogP contribution in [-0.4, -0.2) is 35.5 Å². The van der Waals surface area contributed by atoms with E-state index in [0.717, 1.165) is 31.6 Å². The Morgan fingerprint density at radius 1 is 1.50 bits per heavy atom. The average Bonchev–Trinajstić information content (AvgIpc) is 2.85. The van der Waals surface area contributed by atoms with Gasteiger partial charge in [0.25, 0.3) is 5.69 Å². The van der Waals surface area contributed by atoms with Gasteiger partial charge in [-0.15, -0.1) is 0 Å². The van der Waals surface area contributed by atoms with E-state index in [4.69, 9.17) is 0 Å². The fourth-order valence-electron chi connectivity index (χ4n) is 2.70. The second-order valence-corrected chi connectivity index (χ2v) is 5.90. The first-order valence-corrected chi connectivity index (χ1v) is 7.20. The number of nitro groups is 1. The third kappa shape index (κ3) is 3.48. The Kier molecular flexibility index (Phi) is 4.60. The molecule has 0 aliphatic carbocycles. The van der Waals surface area contributed by atoms with E-state index >= 15 is 0 Å². The van der Waals surface area contributed by atoms with Crippen molar-refractivity contribution in [2.45, 2.75) is 33.2 Å². The lowest BCUT2D eigenvalue weighted by molar-refractivity contribution is -0.384. The summed E-state index contributed by atoms with van der Waals surface area (Å²) in [5.74, 6) is 0.567. The van der Waals surface area contributed by atoms with Crippen LogP contribution >= 0.6 is 0 Å². The van der Waals surface area contributed by atoms with Gasteiger partial charge in [-0.25, -0.2) is 0 Å². The quantitative estimate of drug-likeness (QED) is 0.664. The molecule has 1 fully saturated rings. The molecule has 1 aliphatic heterocycles. The maximum absolute atomic E-state index is 11.0. The molecule has 1 heterocycles. The van der Waals surface area contributed by atoms with Crippen LogP contribution < -0.4 is 5.32 Å². The zero-order valence-electron chi connectivity index (χ0n) is 12.4. The Labute approximate surface area is 120 Å². The summed E-state index contributed by atoms with van der Waals surface area (Å²) in [5, 5.41) is 14.3. The number of anilines is 1. The van der Waals surface area contributed by atoms with Gasteiger partial charge < -0.3 is 10.2 Å². The van der Waals surface area contributed by atoms with Crippen LogP contribution in [0.4, 0.5) is 11.4 Å². The van der Waals surface area contributed by atoms with Crippen molar-refractivity contribution in [1.29, 1.82) is 0 Å². The van der Waals surface area contributed by atoms with Gasteiger partial charge in [0, 0.05) is 25.2 Å². The first-order chi connectivity index (χ1) is 9.47. The van der Waals surface area contributed by atoms with E-state index in [0.29, 0.717) is 17.6 Å². The van der Waals surface area contributed by atoms with E-state index in [9.17, 15) is 10.1 Å². The third-order valence-corrected chi connectivity index (χ3v) is 3.98. The van der Waals surface area contributed by atoms with Crippen molar-refractivity contribution in [2.24, 2.45) is 5.92 Å². The van der Waals surface area contributed by atoms with Crippen molar-refractivity contribution in [3.63, 3.8) is 0 Å². The molecule has 1 saturated heterocycles. The summed E-state index contributed by atoms with van der Waals surface area (Å²) in [6, 6.07) is 5.78. The second kappa shape index (κ2) is 6.22. The van der Waals surface area contributed by atoms with Gasteiger partial charge in [-0.3, -0.25) is 10.1 Å². The number of hydrogen-bond donors (Lipinski definition) is 1. The summed E-state index contributed by atoms with van der Waals surface area (Å²) in [6.45, 7) is 9.37. The number of nitrogens with zero attached hydrogens (tertiary/aromatic N) is 2. The Morgan fingerprint density at radius 3 is 2.85 bits per heavy atom. The summed E-state index contributed by atoms with van der Waals surface area (Å²) in [4.78, 5) is 13.2. The van der Waals surface area contributed by atoms with E-state index in [1.54, 1.807) is 12.1 Å². The number of hydrogen-bond acceptors (Lipinski definition) is 4. The molecular weight excluding hydrogens is 254 g/mol. The van der Waals surface area contributed by atoms with E-state index in [1.165, 1.54) is 0 Å². The van der Waals surface area contributed by atoms with Crippen LogP contribution in [0.15, 0.2) is 18.2 Å². The second-order valence-electron chi connectivity index (χ2n) is 5.90. The van der Waals surface area contributed by atoms with E-state index in [-0.39, 0.29) is 10.6 Å². The Hall–Kier alpha value is -1.62. The van der Waals surface area contributed by atoms with Crippen molar-refractivity contribution < 1.29 is 4.92 Å². The predicted molar refractivity (Wildman–Crippen MR) is 81.1 cm³/mol. The molecule has 0 amide bonds. The number of nitro benzene ring substituents is 1. The monoisotopic (exact) mass is 277 g/mol. The third-order valence-electron chi connectivity index (χ3n) is 3.98. The number of nitrogens with one attached hydrogen (secondary N) is 1. The molecule has 1 aromatic rings. The van der Waals surface area contributed by atoms with Crippen molar-refractivity contribution in [3.8, 4) is 0 Å². The van der Waals surface area contributed by atoms with Crippen LogP contribution in [0.25, 0.3) is 0 Å². The molecule has 5 nitrogen and oxygen atoms in total. The zero-order chi connectivity index (χ0) is 14.7. The molecule has 5 heteroatoms. The molecule has 0 radical (unpaired) electrons. The maximum Gasteiger partial charge on any atom is 0.292 e. The summed E-state index contributed by atoms with van der Waals surface area (Å²) in [6.07, 6.45) is 1.16. The molecule has 1 N–H and O–H groups in total. The molecular formula is C15H23N3O2. The van der Waals surface area contributed by atoms with Gasteiger partial charge in [0.1, 0.15) is 5.69 Å². The Bertz CT molecular complexity index is 488. The molecule has 0 spiro atoms. The lowest BCUT2D eigenvalue weighted by Gasteiger charge is -2.20. The minimum atomic E-state index is -0.323. The molecule has 0 saturated carbocycles. The first-order valence-electron chi connectivity index (χ1n) is 7.20. The Morgan fingerprint density at radius 2 is 2.25 bits per heavy atom. The molecule has 20 heavy (non-hydrogen) atoms. The molecule has 1 unspecified atom stereocenters. The Balaban J connectivity index is 1.98. The standard InChI is InChI=1S/C15H23N3O2/c1-11(2)17-7-6-13(10-17)9-16-14-8-12(3)4-5-15(14)18(19)20/h4-5,8,11,13,16H,6-7,9-10H2,1-3H3. The molecule has 1 atom stereocenters. The van der Waals surface area contributed by atoms with Crippen molar-refractivity contribution in [1.82, 2.24) is 4.90 Å². The van der Waals surface area contributed by atoms with E-state index in [1.807, 2.05) is 13.0 Å². The zero-order valence-corrected chi connectivity index (χ0v) is 12.4. The molecule has 2 rings (SSSR count). The fraction of sp³-hybridized carbons (Fsp3) is 0.600. The average molecular weight is 277 g/mol. The topological polar surface area (TPSA) is 58.4 Å². The van der Waals surface area contributed by atoms with Crippen molar-refractivity contribution in [2.75, 3.05) is 25.0 Å². The van der Waals surface area contributed by atoms with Gasteiger partial charge in [0.05, 0.1) is 4.92 Å². The minimum Gasteiger partial charge on any atom is -0.379 e. The van der Waals surface area contributed by atoms with Gasteiger partial charge >= 0.3 is 0 Å². The molecule has 0 aromatic heterocycles. The van der Waals surface area contributed by atoms with Gasteiger partial charge in [0.2, 0.25) is 0 Å². The number of likely N-dealkylation sites (tertiary alicyclic amines) is 1. The van der Waals surface area contributed by atoms with Gasteiger partial charge in [0.15, 0.2) is 0 Å². The highest BCUT2D eigenvalue weighted by atomic mass is 16.6. The van der Waals surface area contributed by atoms with Crippen LogP contribution in [0.2, 0.25) is 0 Å². The molecule has 0 bridgehead atoms. The largest absolute Gasteiger partial charge is 0.379 e. The van der Waals surface area contributed by atoms with E-state index < -0.39 is 0 Å². The summed E-state index contributed by atoms with van der Waals surface area (Å²) in [5.41, 5.74) is 1.83. The summed E-state index contributed by atoms with van der Waals surface area (Å²) >= 11 is 0. The van der Waals surface area contributed by atoms with Crippen molar-refractivity contribution in [3.05, 3.63) is 33.9 Å². The van der Waals surface area contributed by atoms with E-state index in [2.05, 4.69) is 24.1 Å². The predicted octanol–water partition coefficient (Wildman–Crippen LogP) is 3.05. The van der Waals surface area contributed by atoms with Gasteiger partial charge in [-0.2, -0.15) is 0 Å². The molecule has 1 aliphatic rings. The lowest BCUT2D eigenvalue weighted by Crippen LogP contribution is -2.29. The lowest BCUT2D eigenvalue weighted by atomic mass is 10.1.